The molecular weight excluding hydrogens is 280 g/mol. The van der Waals surface area contributed by atoms with E-state index < -0.39 is 10.0 Å². The van der Waals surface area contributed by atoms with Crippen LogP contribution in [0, 0.1) is 0 Å². The summed E-state index contributed by atoms with van der Waals surface area (Å²) in [7, 11) is -3.42. The monoisotopic (exact) mass is 302 g/mol. The Hall–Kier alpha value is -0.720. The van der Waals surface area contributed by atoms with E-state index in [1.807, 2.05) is 13.0 Å². The molecule has 0 heterocycles. The van der Waals surface area contributed by atoms with Crippen LogP contribution in [0.1, 0.15) is 19.8 Å². The van der Waals surface area contributed by atoms with Crippen LogP contribution in [0.5, 0.6) is 0 Å². The summed E-state index contributed by atoms with van der Waals surface area (Å²) in [6, 6.07) is 6.98. The second-order valence-electron chi connectivity index (χ2n) is 4.12. The SMILES string of the molecule is CCNc1ccccc1S(=O)(=O)NCCCCSC. The van der Waals surface area contributed by atoms with Gasteiger partial charge >= 0.3 is 0 Å². The molecule has 4 nitrogen and oxygen atoms in total. The molecule has 0 saturated carbocycles. The summed E-state index contributed by atoms with van der Waals surface area (Å²) < 4.78 is 27.1. The summed E-state index contributed by atoms with van der Waals surface area (Å²) in [5.74, 6) is 1.07. The molecule has 0 aliphatic heterocycles. The fraction of sp³-hybridized carbons (Fsp3) is 0.538. The highest BCUT2D eigenvalue weighted by Crippen LogP contribution is 2.20. The highest BCUT2D eigenvalue weighted by atomic mass is 32.2. The van der Waals surface area contributed by atoms with Crippen LogP contribution >= 0.6 is 11.8 Å². The van der Waals surface area contributed by atoms with Gasteiger partial charge in [0.2, 0.25) is 10.0 Å². The predicted molar refractivity (Wildman–Crippen MR) is 83.4 cm³/mol. The lowest BCUT2D eigenvalue weighted by Gasteiger charge is -2.12. The number of para-hydroxylation sites is 1. The van der Waals surface area contributed by atoms with E-state index in [-0.39, 0.29) is 0 Å². The van der Waals surface area contributed by atoms with E-state index in [4.69, 9.17) is 0 Å². The molecular formula is C13H22N2O2S2. The maximum atomic E-state index is 12.2. The summed E-state index contributed by atoms with van der Waals surface area (Å²) in [6.45, 7) is 3.13. The number of thioether (sulfide) groups is 1. The molecule has 1 rings (SSSR count). The minimum Gasteiger partial charge on any atom is -0.384 e. The highest BCUT2D eigenvalue weighted by Gasteiger charge is 2.16. The molecule has 0 aliphatic rings. The Morgan fingerprint density at radius 2 is 1.95 bits per heavy atom. The van der Waals surface area contributed by atoms with Gasteiger partial charge in [-0.1, -0.05) is 12.1 Å². The lowest BCUT2D eigenvalue weighted by Crippen LogP contribution is -2.25. The van der Waals surface area contributed by atoms with E-state index in [1.165, 1.54) is 0 Å². The first-order chi connectivity index (χ1) is 9.11. The number of hydrogen-bond acceptors (Lipinski definition) is 4. The van der Waals surface area contributed by atoms with Gasteiger partial charge in [-0.2, -0.15) is 11.8 Å². The molecule has 2 N–H and O–H groups in total. The summed E-state index contributed by atoms with van der Waals surface area (Å²) >= 11 is 1.78. The van der Waals surface area contributed by atoms with Gasteiger partial charge < -0.3 is 5.32 Å². The number of rotatable bonds is 9. The van der Waals surface area contributed by atoms with Crippen molar-refractivity contribution in [2.45, 2.75) is 24.7 Å². The minimum absolute atomic E-state index is 0.321. The van der Waals surface area contributed by atoms with Crippen molar-refractivity contribution in [2.24, 2.45) is 0 Å². The van der Waals surface area contributed by atoms with Crippen LogP contribution < -0.4 is 10.0 Å². The van der Waals surface area contributed by atoms with Crippen molar-refractivity contribution in [3.8, 4) is 0 Å². The quantitative estimate of drug-likeness (QED) is 0.688. The molecule has 0 fully saturated rings. The third-order valence-corrected chi connectivity index (χ3v) is 4.83. The lowest BCUT2D eigenvalue weighted by atomic mass is 10.3. The third-order valence-electron chi connectivity index (χ3n) is 2.61. The summed E-state index contributed by atoms with van der Waals surface area (Å²) in [4.78, 5) is 0.321. The average Bonchev–Trinajstić information content (AvgIpc) is 2.39. The van der Waals surface area contributed by atoms with Crippen LogP contribution in [-0.4, -0.2) is 33.5 Å². The summed E-state index contributed by atoms with van der Waals surface area (Å²) in [6.07, 6.45) is 3.94. The molecule has 6 heteroatoms. The number of nitrogens with one attached hydrogen (secondary N) is 2. The van der Waals surface area contributed by atoms with Gasteiger partial charge in [0.1, 0.15) is 4.90 Å². The van der Waals surface area contributed by atoms with Gasteiger partial charge in [-0.05, 0) is 43.9 Å². The van der Waals surface area contributed by atoms with Crippen LogP contribution in [0.2, 0.25) is 0 Å². The van der Waals surface area contributed by atoms with Gasteiger partial charge in [0.25, 0.3) is 0 Å². The van der Waals surface area contributed by atoms with Gasteiger partial charge in [0.05, 0.1) is 5.69 Å². The van der Waals surface area contributed by atoms with Crippen molar-refractivity contribution in [1.82, 2.24) is 4.72 Å². The maximum Gasteiger partial charge on any atom is 0.242 e. The van der Waals surface area contributed by atoms with Crippen molar-refractivity contribution in [3.63, 3.8) is 0 Å². The Bertz CT molecular complexity index is 475. The Balaban J connectivity index is 2.66. The second-order valence-corrected chi connectivity index (χ2v) is 6.85. The topological polar surface area (TPSA) is 58.2 Å². The van der Waals surface area contributed by atoms with Crippen LogP contribution in [0.15, 0.2) is 29.2 Å². The summed E-state index contributed by atoms with van der Waals surface area (Å²) in [5.41, 5.74) is 0.654. The Kier molecular flexibility index (Phi) is 7.27. The molecule has 108 valence electrons. The predicted octanol–water partition coefficient (Wildman–Crippen LogP) is 2.54. The van der Waals surface area contributed by atoms with Crippen LogP contribution in [-0.2, 0) is 10.0 Å². The molecule has 0 aromatic heterocycles. The van der Waals surface area contributed by atoms with E-state index in [0.717, 1.165) is 18.6 Å². The van der Waals surface area contributed by atoms with Gasteiger partial charge in [-0.25, -0.2) is 13.1 Å². The van der Waals surface area contributed by atoms with Crippen LogP contribution in [0.4, 0.5) is 5.69 Å². The standard InChI is InChI=1S/C13H22N2O2S2/c1-3-14-12-8-4-5-9-13(12)19(16,17)15-10-6-7-11-18-2/h4-5,8-9,14-15H,3,6-7,10-11H2,1-2H3. The molecule has 0 aliphatic carbocycles. The van der Waals surface area contributed by atoms with E-state index in [9.17, 15) is 8.42 Å². The van der Waals surface area contributed by atoms with Crippen molar-refractivity contribution < 1.29 is 8.42 Å². The van der Waals surface area contributed by atoms with E-state index in [0.29, 0.717) is 23.7 Å². The van der Waals surface area contributed by atoms with Crippen molar-refractivity contribution >= 4 is 27.5 Å². The molecule has 1 aromatic carbocycles. The first-order valence-corrected chi connectivity index (χ1v) is 9.31. The van der Waals surface area contributed by atoms with E-state index >= 15 is 0 Å². The molecule has 0 unspecified atom stereocenters. The normalized spacial score (nSPS) is 11.5. The zero-order chi connectivity index (χ0) is 14.1. The van der Waals surface area contributed by atoms with Gasteiger partial charge in [-0.15, -0.1) is 0 Å². The number of sulfonamides is 1. The van der Waals surface area contributed by atoms with Crippen molar-refractivity contribution in [1.29, 1.82) is 0 Å². The molecule has 0 atom stereocenters. The summed E-state index contributed by atoms with van der Waals surface area (Å²) in [5, 5.41) is 3.07. The molecule has 0 amide bonds. The first kappa shape index (κ1) is 16.3. The number of unbranched alkanes of at least 4 members (excludes halogenated alkanes) is 1. The van der Waals surface area contributed by atoms with E-state index in [2.05, 4.69) is 16.3 Å². The Morgan fingerprint density at radius 3 is 2.63 bits per heavy atom. The number of hydrogen-bond donors (Lipinski definition) is 2. The van der Waals surface area contributed by atoms with E-state index in [1.54, 1.807) is 30.0 Å². The zero-order valence-electron chi connectivity index (χ0n) is 11.5. The smallest absolute Gasteiger partial charge is 0.242 e. The lowest BCUT2D eigenvalue weighted by molar-refractivity contribution is 0.579. The molecule has 1 aromatic rings. The zero-order valence-corrected chi connectivity index (χ0v) is 13.1. The van der Waals surface area contributed by atoms with Gasteiger partial charge in [-0.3, -0.25) is 0 Å². The maximum absolute atomic E-state index is 12.2. The van der Waals surface area contributed by atoms with Gasteiger partial charge in [0, 0.05) is 13.1 Å². The highest BCUT2D eigenvalue weighted by molar-refractivity contribution is 7.98. The molecule has 0 radical (unpaired) electrons. The Morgan fingerprint density at radius 1 is 1.21 bits per heavy atom. The second kappa shape index (κ2) is 8.45. The molecule has 0 bridgehead atoms. The van der Waals surface area contributed by atoms with Crippen LogP contribution in [0.25, 0.3) is 0 Å². The largest absolute Gasteiger partial charge is 0.384 e. The van der Waals surface area contributed by atoms with Gasteiger partial charge in [0.15, 0.2) is 0 Å². The number of benzene rings is 1. The molecule has 0 saturated heterocycles. The molecule has 19 heavy (non-hydrogen) atoms. The number of anilines is 1. The fourth-order valence-electron chi connectivity index (χ4n) is 1.69. The van der Waals surface area contributed by atoms with Crippen molar-refractivity contribution in [2.75, 3.05) is 30.4 Å². The molecule has 0 spiro atoms. The minimum atomic E-state index is -3.42. The Labute approximate surface area is 120 Å². The fourth-order valence-corrected chi connectivity index (χ4v) is 3.44. The third kappa shape index (κ3) is 5.42. The van der Waals surface area contributed by atoms with Crippen molar-refractivity contribution in [3.05, 3.63) is 24.3 Å². The average molecular weight is 302 g/mol. The first-order valence-electron chi connectivity index (χ1n) is 6.43. The van der Waals surface area contributed by atoms with Crippen LogP contribution in [0.3, 0.4) is 0 Å².